The number of thioether (sulfide) groups is 1. The second-order valence-electron chi connectivity index (χ2n) is 4.45. The number of nitrogens with one attached hydrogen (secondary N) is 2. The number of amides is 2. The molecule has 0 aliphatic heterocycles. The van der Waals surface area contributed by atoms with Gasteiger partial charge in [-0.15, -0.1) is 11.8 Å². The van der Waals surface area contributed by atoms with Crippen molar-refractivity contribution in [2.24, 2.45) is 5.10 Å². The smallest absolute Gasteiger partial charge is 0.411 e. The van der Waals surface area contributed by atoms with Gasteiger partial charge in [-0.1, -0.05) is 12.1 Å². The lowest BCUT2D eigenvalue weighted by Crippen LogP contribution is -2.18. The highest BCUT2D eigenvalue weighted by Gasteiger charge is 2.07. The first-order valence-electron chi connectivity index (χ1n) is 6.38. The predicted molar refractivity (Wildman–Crippen MR) is 85.6 cm³/mol. The monoisotopic (exact) mass is 309 g/mol. The summed E-state index contributed by atoms with van der Waals surface area (Å²) < 4.78 is 4.99. The second kappa shape index (κ2) is 8.31. The number of carbonyl (C=O) groups is 2. The largest absolute Gasteiger partial charge is 0.447 e. The lowest BCUT2D eigenvalue weighted by molar-refractivity contribution is -0.118. The van der Waals surface area contributed by atoms with Crippen molar-refractivity contribution < 1.29 is 14.3 Å². The van der Waals surface area contributed by atoms with E-state index in [0.29, 0.717) is 10.7 Å². The molecule has 0 radical (unpaired) electrons. The Hall–Kier alpha value is -2.02. The molecule has 0 unspecified atom stereocenters. The molecule has 7 heteroatoms. The molecule has 0 saturated carbocycles. The zero-order valence-corrected chi connectivity index (χ0v) is 13.3. The minimum atomic E-state index is -0.491. The van der Waals surface area contributed by atoms with E-state index in [9.17, 15) is 9.59 Å². The Kier molecular flexibility index (Phi) is 6.74. The van der Waals surface area contributed by atoms with Gasteiger partial charge in [0.1, 0.15) is 5.04 Å². The average molecular weight is 309 g/mol. The van der Waals surface area contributed by atoms with E-state index in [1.807, 2.05) is 18.4 Å². The van der Waals surface area contributed by atoms with Crippen LogP contribution in [0.3, 0.4) is 0 Å². The van der Waals surface area contributed by atoms with Crippen molar-refractivity contribution in [3.63, 3.8) is 0 Å². The normalized spacial score (nSPS) is 11.2. The van der Waals surface area contributed by atoms with Crippen LogP contribution in [0.15, 0.2) is 29.4 Å². The van der Waals surface area contributed by atoms with Gasteiger partial charge < -0.3 is 4.74 Å². The standard InChI is InChI=1S/C14H19N3O3S/c1-9(2)20-14(19)15-12-7-5-11(6-8-12)13(21-4)17-16-10(3)18/h5-9H,1-4H3,(H,15,19)(H,16,18)/b17-13-. The molecule has 0 saturated heterocycles. The van der Waals surface area contributed by atoms with Gasteiger partial charge in [0.2, 0.25) is 5.91 Å². The number of nitrogens with zero attached hydrogens (tertiary/aromatic N) is 1. The highest BCUT2D eigenvalue weighted by molar-refractivity contribution is 8.13. The fourth-order valence-corrected chi connectivity index (χ4v) is 1.92. The van der Waals surface area contributed by atoms with E-state index in [4.69, 9.17) is 4.74 Å². The van der Waals surface area contributed by atoms with E-state index in [1.165, 1.54) is 18.7 Å². The summed E-state index contributed by atoms with van der Waals surface area (Å²) in [7, 11) is 0. The first-order chi connectivity index (χ1) is 9.92. The van der Waals surface area contributed by atoms with Crippen LogP contribution in [0.1, 0.15) is 26.3 Å². The van der Waals surface area contributed by atoms with Gasteiger partial charge in [0, 0.05) is 18.2 Å². The Bertz CT molecular complexity index is 527. The predicted octanol–water partition coefficient (Wildman–Crippen LogP) is 2.80. The van der Waals surface area contributed by atoms with Crippen molar-refractivity contribution in [2.75, 3.05) is 11.6 Å². The Labute approximate surface area is 128 Å². The maximum atomic E-state index is 11.5. The lowest BCUT2D eigenvalue weighted by atomic mass is 10.2. The minimum Gasteiger partial charge on any atom is -0.447 e. The van der Waals surface area contributed by atoms with Crippen molar-refractivity contribution in [1.82, 2.24) is 5.43 Å². The first-order valence-corrected chi connectivity index (χ1v) is 7.61. The number of anilines is 1. The third-order valence-corrected chi connectivity index (χ3v) is 2.94. The van der Waals surface area contributed by atoms with Crippen molar-refractivity contribution in [3.8, 4) is 0 Å². The topological polar surface area (TPSA) is 79.8 Å². The Morgan fingerprint density at radius 1 is 1.24 bits per heavy atom. The number of ether oxygens (including phenoxy) is 1. The molecule has 0 aliphatic rings. The Balaban J connectivity index is 2.74. The quantitative estimate of drug-likeness (QED) is 0.509. The van der Waals surface area contributed by atoms with Crippen LogP contribution in [0.2, 0.25) is 0 Å². The molecule has 2 N–H and O–H groups in total. The summed E-state index contributed by atoms with van der Waals surface area (Å²) in [5.74, 6) is -0.226. The van der Waals surface area contributed by atoms with Crippen LogP contribution in [-0.2, 0) is 9.53 Å². The van der Waals surface area contributed by atoms with Crippen molar-refractivity contribution in [3.05, 3.63) is 29.8 Å². The van der Waals surface area contributed by atoms with Crippen LogP contribution in [-0.4, -0.2) is 29.4 Å². The number of hydrogen-bond acceptors (Lipinski definition) is 5. The van der Waals surface area contributed by atoms with E-state index in [0.717, 1.165) is 5.56 Å². The molecule has 0 atom stereocenters. The lowest BCUT2D eigenvalue weighted by Gasteiger charge is -2.10. The van der Waals surface area contributed by atoms with Gasteiger partial charge in [-0.05, 0) is 32.2 Å². The van der Waals surface area contributed by atoms with Gasteiger partial charge in [-0.2, -0.15) is 5.10 Å². The number of benzene rings is 1. The molecule has 1 rings (SSSR count). The van der Waals surface area contributed by atoms with Gasteiger partial charge in [-0.25, -0.2) is 10.2 Å². The summed E-state index contributed by atoms with van der Waals surface area (Å²) in [4.78, 5) is 22.3. The number of rotatable bonds is 4. The minimum absolute atomic E-state index is 0.169. The molecule has 1 aromatic rings. The van der Waals surface area contributed by atoms with Crippen LogP contribution in [0.5, 0.6) is 0 Å². The van der Waals surface area contributed by atoms with Crippen molar-refractivity contribution in [1.29, 1.82) is 0 Å². The highest BCUT2D eigenvalue weighted by atomic mass is 32.2. The highest BCUT2D eigenvalue weighted by Crippen LogP contribution is 2.15. The number of carbonyl (C=O) groups excluding carboxylic acids is 2. The number of hydrogen-bond donors (Lipinski definition) is 2. The average Bonchev–Trinajstić information content (AvgIpc) is 2.40. The first kappa shape index (κ1) is 17.0. The van der Waals surface area contributed by atoms with Gasteiger partial charge in [-0.3, -0.25) is 10.1 Å². The third-order valence-electron chi connectivity index (χ3n) is 2.23. The Morgan fingerprint density at radius 3 is 2.33 bits per heavy atom. The summed E-state index contributed by atoms with van der Waals surface area (Å²) in [6.07, 6.45) is 1.21. The van der Waals surface area contributed by atoms with Crippen molar-refractivity contribution in [2.45, 2.75) is 26.9 Å². The SMILES string of the molecule is CS/C(=N\NC(C)=O)c1ccc(NC(=O)OC(C)C)cc1. The fourth-order valence-electron chi connectivity index (χ4n) is 1.42. The molecule has 1 aromatic carbocycles. The Morgan fingerprint density at radius 2 is 1.86 bits per heavy atom. The molecule has 0 aromatic heterocycles. The zero-order valence-electron chi connectivity index (χ0n) is 12.5. The maximum absolute atomic E-state index is 11.5. The molecular formula is C14H19N3O3S. The molecule has 0 spiro atoms. The van der Waals surface area contributed by atoms with Gasteiger partial charge in [0.05, 0.1) is 6.10 Å². The molecule has 0 heterocycles. The van der Waals surface area contributed by atoms with Crippen LogP contribution in [0.25, 0.3) is 0 Å². The molecule has 2 amide bonds. The summed E-state index contributed by atoms with van der Waals surface area (Å²) in [6, 6.07) is 7.11. The number of hydrazone groups is 1. The van der Waals surface area contributed by atoms with Gasteiger partial charge in [0.15, 0.2) is 0 Å². The van der Waals surface area contributed by atoms with E-state index >= 15 is 0 Å². The van der Waals surface area contributed by atoms with E-state index in [1.54, 1.807) is 26.0 Å². The van der Waals surface area contributed by atoms with Crippen LogP contribution < -0.4 is 10.7 Å². The summed E-state index contributed by atoms with van der Waals surface area (Å²) in [6.45, 7) is 4.96. The van der Waals surface area contributed by atoms with Crippen molar-refractivity contribution >= 4 is 34.5 Å². The van der Waals surface area contributed by atoms with Gasteiger partial charge in [0.25, 0.3) is 0 Å². The van der Waals surface area contributed by atoms with Crippen LogP contribution in [0, 0.1) is 0 Å². The molecule has 0 bridgehead atoms. The summed E-state index contributed by atoms with van der Waals surface area (Å²) in [5, 5.41) is 7.32. The van der Waals surface area contributed by atoms with E-state index in [-0.39, 0.29) is 12.0 Å². The van der Waals surface area contributed by atoms with E-state index in [2.05, 4.69) is 15.8 Å². The van der Waals surface area contributed by atoms with Crippen LogP contribution >= 0.6 is 11.8 Å². The van der Waals surface area contributed by atoms with Crippen LogP contribution in [0.4, 0.5) is 10.5 Å². The molecular weight excluding hydrogens is 290 g/mol. The molecule has 6 nitrogen and oxygen atoms in total. The van der Waals surface area contributed by atoms with Gasteiger partial charge >= 0.3 is 6.09 Å². The third kappa shape index (κ3) is 6.31. The fraction of sp³-hybridized carbons (Fsp3) is 0.357. The van der Waals surface area contributed by atoms with E-state index < -0.39 is 6.09 Å². The zero-order chi connectivity index (χ0) is 15.8. The summed E-state index contributed by atoms with van der Waals surface area (Å²) in [5.41, 5.74) is 3.88. The summed E-state index contributed by atoms with van der Waals surface area (Å²) >= 11 is 1.42. The second-order valence-corrected chi connectivity index (χ2v) is 5.24. The maximum Gasteiger partial charge on any atom is 0.411 e. The molecule has 114 valence electrons. The molecule has 0 aliphatic carbocycles. The molecule has 21 heavy (non-hydrogen) atoms. The molecule has 0 fully saturated rings.